The van der Waals surface area contributed by atoms with E-state index in [0.717, 1.165) is 35.1 Å². The van der Waals surface area contributed by atoms with Crippen molar-refractivity contribution in [2.45, 2.75) is 38.3 Å². The fourth-order valence-electron chi connectivity index (χ4n) is 6.16. The molecule has 238 valence electrons. The van der Waals surface area contributed by atoms with E-state index in [-0.39, 0.29) is 19.4 Å². The van der Waals surface area contributed by atoms with Crippen LogP contribution < -0.4 is 9.47 Å². The van der Waals surface area contributed by atoms with Crippen LogP contribution >= 0.6 is 0 Å². The van der Waals surface area contributed by atoms with Crippen LogP contribution in [0.1, 0.15) is 42.9 Å². The number of aliphatic hydroxyl groups excluding tert-OH is 1. The van der Waals surface area contributed by atoms with Crippen LogP contribution in [-0.2, 0) is 16.1 Å². The molecular weight excluding hydrogens is 579 g/mol. The number of aliphatic carboxylic acids is 1. The third kappa shape index (κ3) is 7.26. The van der Waals surface area contributed by atoms with Gasteiger partial charge in [0.25, 0.3) is 0 Å². The van der Waals surface area contributed by atoms with Crippen molar-refractivity contribution in [1.29, 1.82) is 0 Å². The van der Waals surface area contributed by atoms with Gasteiger partial charge in [-0.3, -0.25) is 19.6 Å². The molecule has 2 aromatic carbocycles. The Hall–Kier alpha value is -3.45. The highest BCUT2D eigenvalue weighted by Crippen LogP contribution is 2.40. The molecule has 12 heteroatoms. The fraction of sp³-hybridized carbons (Fsp3) is 0.500. The first-order valence-corrected chi connectivity index (χ1v) is 14.9. The molecule has 0 spiro atoms. The quantitative estimate of drug-likeness (QED) is 0.303. The van der Waals surface area contributed by atoms with Crippen LogP contribution in [-0.4, -0.2) is 90.6 Å². The van der Waals surface area contributed by atoms with Gasteiger partial charge in [-0.1, -0.05) is 0 Å². The molecule has 1 aromatic heterocycles. The standard InChI is InChI=1S/C32H38F3N3O6/c1-42-23-2-3-27-24(18-23)29(21(19-36-27)20-38-10-13-43-14-11-38)28(39)4-5-32(31(40)41)6-8-37(9-7-32)12-15-44-30-25(34)16-22(33)17-26(30)35/h2-3,16-19,28,39H,4-15,20H2,1H3,(H,40,41)/t28-/m1/s1. The van der Waals surface area contributed by atoms with Crippen molar-refractivity contribution in [2.24, 2.45) is 5.41 Å². The second kappa shape index (κ2) is 14.1. The highest BCUT2D eigenvalue weighted by Gasteiger charge is 2.41. The summed E-state index contributed by atoms with van der Waals surface area (Å²) >= 11 is 0. The minimum Gasteiger partial charge on any atom is -0.497 e. The number of benzene rings is 2. The number of methoxy groups -OCH3 is 1. The van der Waals surface area contributed by atoms with Crippen molar-refractivity contribution < 1.29 is 42.4 Å². The SMILES string of the molecule is COc1ccc2ncc(CN3CCOCC3)c([C@H](O)CCC3(C(=O)O)CCN(CCOc4c(F)cc(F)cc4F)CC3)c2c1. The van der Waals surface area contributed by atoms with E-state index >= 15 is 0 Å². The molecular formula is C32H38F3N3O6. The molecule has 0 radical (unpaired) electrons. The predicted octanol–water partition coefficient (Wildman–Crippen LogP) is 4.55. The lowest BCUT2D eigenvalue weighted by atomic mass is 9.74. The van der Waals surface area contributed by atoms with Crippen molar-refractivity contribution in [3.05, 3.63) is 65.1 Å². The monoisotopic (exact) mass is 617 g/mol. The van der Waals surface area contributed by atoms with Gasteiger partial charge in [-0.25, -0.2) is 13.2 Å². The number of aromatic nitrogens is 1. The lowest BCUT2D eigenvalue weighted by Crippen LogP contribution is -2.45. The molecule has 2 aliphatic rings. The van der Waals surface area contributed by atoms with Crippen molar-refractivity contribution in [3.8, 4) is 11.5 Å². The van der Waals surface area contributed by atoms with E-state index in [1.54, 1.807) is 13.3 Å². The summed E-state index contributed by atoms with van der Waals surface area (Å²) in [5.41, 5.74) is 1.30. The maximum atomic E-state index is 13.9. The van der Waals surface area contributed by atoms with E-state index in [9.17, 15) is 28.2 Å². The average molecular weight is 618 g/mol. The van der Waals surface area contributed by atoms with Crippen molar-refractivity contribution >= 4 is 16.9 Å². The molecule has 44 heavy (non-hydrogen) atoms. The van der Waals surface area contributed by atoms with Crippen LogP contribution in [0.3, 0.4) is 0 Å². The van der Waals surface area contributed by atoms with E-state index < -0.39 is 40.7 Å². The number of ether oxygens (including phenoxy) is 3. The third-order valence-electron chi connectivity index (χ3n) is 8.81. The Balaban J connectivity index is 1.25. The highest BCUT2D eigenvalue weighted by atomic mass is 19.1. The van der Waals surface area contributed by atoms with E-state index in [1.807, 2.05) is 23.1 Å². The zero-order valence-electron chi connectivity index (χ0n) is 24.7. The Bertz CT molecular complexity index is 1440. The van der Waals surface area contributed by atoms with Gasteiger partial charge < -0.3 is 24.4 Å². The van der Waals surface area contributed by atoms with Crippen molar-refractivity contribution in [3.63, 3.8) is 0 Å². The second-order valence-electron chi connectivity index (χ2n) is 11.5. The average Bonchev–Trinajstić information content (AvgIpc) is 3.01. The number of morpholine rings is 1. The summed E-state index contributed by atoms with van der Waals surface area (Å²) in [6.45, 7) is 4.56. The summed E-state index contributed by atoms with van der Waals surface area (Å²) < 4.78 is 57.1. The number of hydrogen-bond acceptors (Lipinski definition) is 8. The number of aliphatic hydroxyl groups is 1. The summed E-state index contributed by atoms with van der Waals surface area (Å²) in [5.74, 6) is -4.16. The van der Waals surface area contributed by atoms with Crippen LogP contribution in [0, 0.1) is 22.9 Å². The van der Waals surface area contributed by atoms with E-state index in [1.165, 1.54) is 0 Å². The maximum absolute atomic E-state index is 13.9. The van der Waals surface area contributed by atoms with Gasteiger partial charge in [0.1, 0.15) is 18.2 Å². The number of carboxylic acid groups (broad SMARTS) is 1. The summed E-state index contributed by atoms with van der Waals surface area (Å²) in [6, 6.07) is 6.65. The molecule has 2 fully saturated rings. The smallest absolute Gasteiger partial charge is 0.309 e. The Kier molecular flexibility index (Phi) is 10.2. The number of halogens is 3. The highest BCUT2D eigenvalue weighted by molar-refractivity contribution is 5.85. The number of likely N-dealkylation sites (tertiary alicyclic amines) is 1. The van der Waals surface area contributed by atoms with Crippen LogP contribution in [0.25, 0.3) is 10.9 Å². The molecule has 5 rings (SSSR count). The van der Waals surface area contributed by atoms with Gasteiger partial charge in [0.05, 0.1) is 37.4 Å². The van der Waals surface area contributed by atoms with Crippen LogP contribution in [0.2, 0.25) is 0 Å². The number of carboxylic acids is 1. The lowest BCUT2D eigenvalue weighted by Gasteiger charge is -2.39. The number of pyridine rings is 1. The summed E-state index contributed by atoms with van der Waals surface area (Å²) in [7, 11) is 1.58. The number of piperidine rings is 1. The van der Waals surface area contributed by atoms with Gasteiger partial charge in [-0.05, 0) is 68.1 Å². The number of rotatable bonds is 12. The molecule has 0 unspecified atom stereocenters. The molecule has 3 heterocycles. The van der Waals surface area contributed by atoms with Gasteiger partial charge in [0.15, 0.2) is 17.4 Å². The normalized spacial score (nSPS) is 18.3. The molecule has 0 bridgehead atoms. The van der Waals surface area contributed by atoms with Crippen molar-refractivity contribution in [1.82, 2.24) is 14.8 Å². The summed E-state index contributed by atoms with van der Waals surface area (Å²) in [6.07, 6.45) is 2.07. The van der Waals surface area contributed by atoms with Gasteiger partial charge in [-0.15, -0.1) is 0 Å². The first-order chi connectivity index (χ1) is 21.2. The summed E-state index contributed by atoms with van der Waals surface area (Å²) in [4.78, 5) is 21.4. The number of fused-ring (bicyclic) bond motifs is 1. The van der Waals surface area contributed by atoms with Crippen LogP contribution in [0.4, 0.5) is 13.2 Å². The first-order valence-electron chi connectivity index (χ1n) is 14.9. The zero-order valence-corrected chi connectivity index (χ0v) is 24.7. The van der Waals surface area contributed by atoms with Gasteiger partial charge in [-0.2, -0.15) is 0 Å². The number of hydrogen-bond donors (Lipinski definition) is 2. The molecule has 0 saturated carbocycles. The van der Waals surface area contributed by atoms with Crippen LogP contribution in [0.15, 0.2) is 36.5 Å². The van der Waals surface area contributed by atoms with Gasteiger partial charge >= 0.3 is 5.97 Å². The molecule has 2 aliphatic heterocycles. The minimum absolute atomic E-state index is 0.0389. The molecule has 1 atom stereocenters. The zero-order chi connectivity index (χ0) is 31.3. The minimum atomic E-state index is -1.11. The Morgan fingerprint density at radius 2 is 1.77 bits per heavy atom. The third-order valence-corrected chi connectivity index (χ3v) is 8.81. The maximum Gasteiger partial charge on any atom is 0.309 e. The number of carbonyl (C=O) groups is 1. The van der Waals surface area contributed by atoms with Crippen molar-refractivity contribution in [2.75, 3.05) is 59.7 Å². The van der Waals surface area contributed by atoms with E-state index in [0.29, 0.717) is 70.1 Å². The molecule has 0 amide bonds. The predicted molar refractivity (Wildman–Crippen MR) is 156 cm³/mol. The lowest BCUT2D eigenvalue weighted by molar-refractivity contribution is -0.153. The van der Waals surface area contributed by atoms with E-state index in [4.69, 9.17) is 14.2 Å². The van der Waals surface area contributed by atoms with E-state index in [2.05, 4.69) is 9.88 Å². The topological polar surface area (TPSA) is 105 Å². The van der Waals surface area contributed by atoms with Crippen LogP contribution in [0.5, 0.6) is 11.5 Å². The van der Waals surface area contributed by atoms with Gasteiger partial charge in [0, 0.05) is 49.9 Å². The molecule has 0 aliphatic carbocycles. The molecule has 9 nitrogen and oxygen atoms in total. The van der Waals surface area contributed by atoms with Gasteiger partial charge in [0.2, 0.25) is 0 Å². The molecule has 2 N–H and O–H groups in total. The Morgan fingerprint density at radius 1 is 1.07 bits per heavy atom. The molecule has 3 aromatic rings. The second-order valence-corrected chi connectivity index (χ2v) is 11.5. The first kappa shape index (κ1) is 32.0. The largest absolute Gasteiger partial charge is 0.497 e. The number of nitrogens with zero attached hydrogens (tertiary/aromatic N) is 3. The fourth-order valence-corrected chi connectivity index (χ4v) is 6.16. The Morgan fingerprint density at radius 3 is 2.43 bits per heavy atom. The Labute approximate surface area is 254 Å². The molecule has 2 saturated heterocycles. The summed E-state index contributed by atoms with van der Waals surface area (Å²) in [5, 5.41) is 22.7.